The lowest BCUT2D eigenvalue weighted by molar-refractivity contribution is 0.102. The van der Waals surface area contributed by atoms with E-state index in [1.54, 1.807) is 0 Å². The topological polar surface area (TPSA) is 59.8 Å². The van der Waals surface area contributed by atoms with Gasteiger partial charge < -0.3 is 5.32 Å². The van der Waals surface area contributed by atoms with E-state index < -0.39 is 0 Å². The quantitative estimate of drug-likeness (QED) is 0.533. The molecular formula is C24H22N4O. The number of pyridine rings is 1. The van der Waals surface area contributed by atoms with Crippen LogP contribution in [0.25, 0.3) is 16.9 Å². The summed E-state index contributed by atoms with van der Waals surface area (Å²) in [6, 6.07) is 23.5. The first-order valence-corrected chi connectivity index (χ1v) is 9.50. The second-order valence-electron chi connectivity index (χ2n) is 6.94. The van der Waals surface area contributed by atoms with Crippen LogP contribution in [0.5, 0.6) is 0 Å². The van der Waals surface area contributed by atoms with Gasteiger partial charge in [-0.25, -0.2) is 4.68 Å². The van der Waals surface area contributed by atoms with Crippen LogP contribution in [0.1, 0.15) is 27.4 Å². The molecule has 5 heteroatoms. The van der Waals surface area contributed by atoms with Gasteiger partial charge in [0.15, 0.2) is 0 Å². The van der Waals surface area contributed by atoms with Crippen molar-refractivity contribution >= 4 is 11.6 Å². The van der Waals surface area contributed by atoms with Gasteiger partial charge in [-0.1, -0.05) is 48.5 Å². The molecule has 29 heavy (non-hydrogen) atoms. The summed E-state index contributed by atoms with van der Waals surface area (Å²) in [4.78, 5) is 17.6. The van der Waals surface area contributed by atoms with Crippen LogP contribution in [0.3, 0.4) is 0 Å². The van der Waals surface area contributed by atoms with Crippen LogP contribution in [-0.2, 0) is 0 Å². The fraction of sp³-hybridized carbons (Fsp3) is 0.125. The molecule has 0 aliphatic carbocycles. The molecule has 5 nitrogen and oxygen atoms in total. The lowest BCUT2D eigenvalue weighted by Gasteiger charge is -2.10. The van der Waals surface area contributed by atoms with Crippen molar-refractivity contribution in [1.29, 1.82) is 0 Å². The second kappa shape index (κ2) is 7.72. The molecule has 0 bridgehead atoms. The molecule has 0 aliphatic rings. The first-order valence-electron chi connectivity index (χ1n) is 9.50. The minimum absolute atomic E-state index is 0.187. The summed E-state index contributed by atoms with van der Waals surface area (Å²) < 4.78 is 1.84. The normalized spacial score (nSPS) is 10.7. The standard InChI is InChI=1S/C24H22N4O/c1-16-21(14-15-22(25-16)19-10-6-4-7-11-19)24(29)26-23-17(2)27-28(18(23)3)20-12-8-5-9-13-20/h4-15H,1-3H3,(H,26,29). The molecule has 0 fully saturated rings. The molecule has 2 heterocycles. The van der Waals surface area contributed by atoms with Crippen molar-refractivity contribution in [2.75, 3.05) is 5.32 Å². The number of carbonyl (C=O) groups excluding carboxylic acids is 1. The van der Waals surface area contributed by atoms with E-state index in [4.69, 9.17) is 0 Å². The molecule has 2 aromatic carbocycles. The van der Waals surface area contributed by atoms with Crippen molar-refractivity contribution in [3.05, 3.63) is 95.4 Å². The van der Waals surface area contributed by atoms with Gasteiger partial charge in [0.25, 0.3) is 5.91 Å². The molecule has 0 unspecified atom stereocenters. The van der Waals surface area contributed by atoms with Gasteiger partial charge in [0.2, 0.25) is 0 Å². The van der Waals surface area contributed by atoms with Crippen LogP contribution < -0.4 is 5.32 Å². The summed E-state index contributed by atoms with van der Waals surface area (Å²) in [6.45, 7) is 5.70. The van der Waals surface area contributed by atoms with Crippen molar-refractivity contribution in [2.45, 2.75) is 20.8 Å². The highest BCUT2D eigenvalue weighted by molar-refractivity contribution is 6.05. The van der Waals surface area contributed by atoms with Crippen LogP contribution in [0, 0.1) is 20.8 Å². The zero-order valence-corrected chi connectivity index (χ0v) is 16.7. The average molecular weight is 382 g/mol. The zero-order valence-electron chi connectivity index (χ0n) is 16.7. The van der Waals surface area contributed by atoms with E-state index in [0.717, 1.165) is 34.0 Å². The number of carbonyl (C=O) groups is 1. The van der Waals surface area contributed by atoms with Gasteiger partial charge in [0.05, 0.1) is 39.7 Å². The number of rotatable bonds is 4. The van der Waals surface area contributed by atoms with Crippen molar-refractivity contribution in [3.8, 4) is 16.9 Å². The maximum absolute atomic E-state index is 12.9. The summed E-state index contributed by atoms with van der Waals surface area (Å²) in [5, 5.41) is 7.61. The van der Waals surface area contributed by atoms with Crippen molar-refractivity contribution < 1.29 is 4.79 Å². The predicted molar refractivity (Wildman–Crippen MR) is 115 cm³/mol. The Bertz CT molecular complexity index is 1160. The smallest absolute Gasteiger partial charge is 0.257 e. The van der Waals surface area contributed by atoms with E-state index >= 15 is 0 Å². The molecular weight excluding hydrogens is 360 g/mol. The van der Waals surface area contributed by atoms with Crippen LogP contribution >= 0.6 is 0 Å². The molecule has 2 aromatic heterocycles. The fourth-order valence-electron chi connectivity index (χ4n) is 3.40. The Labute approximate surface area is 170 Å². The van der Waals surface area contributed by atoms with Gasteiger partial charge in [-0.05, 0) is 45.0 Å². The lowest BCUT2D eigenvalue weighted by atomic mass is 10.1. The third-order valence-corrected chi connectivity index (χ3v) is 4.93. The van der Waals surface area contributed by atoms with E-state index in [1.165, 1.54) is 0 Å². The summed E-state index contributed by atoms with van der Waals surface area (Å²) in [5.41, 5.74) is 6.46. The highest BCUT2D eigenvalue weighted by Gasteiger charge is 2.18. The predicted octanol–water partition coefficient (Wildman–Crippen LogP) is 5.11. The monoisotopic (exact) mass is 382 g/mol. The number of nitrogens with zero attached hydrogens (tertiary/aromatic N) is 3. The number of nitrogens with one attached hydrogen (secondary N) is 1. The molecule has 0 saturated carbocycles. The Balaban J connectivity index is 1.61. The van der Waals surface area contributed by atoms with Gasteiger partial charge >= 0.3 is 0 Å². The van der Waals surface area contributed by atoms with Gasteiger partial charge in [0, 0.05) is 5.56 Å². The Morgan fingerprint density at radius 2 is 1.48 bits per heavy atom. The summed E-state index contributed by atoms with van der Waals surface area (Å²) >= 11 is 0. The van der Waals surface area contributed by atoms with Crippen molar-refractivity contribution in [3.63, 3.8) is 0 Å². The number of aromatic nitrogens is 3. The van der Waals surface area contributed by atoms with E-state index in [9.17, 15) is 4.79 Å². The maximum Gasteiger partial charge on any atom is 0.257 e. The fourth-order valence-corrected chi connectivity index (χ4v) is 3.40. The van der Waals surface area contributed by atoms with Gasteiger partial charge in [0.1, 0.15) is 0 Å². The number of para-hydroxylation sites is 1. The highest BCUT2D eigenvalue weighted by atomic mass is 16.1. The molecule has 4 rings (SSSR count). The minimum Gasteiger partial charge on any atom is -0.319 e. The summed E-state index contributed by atoms with van der Waals surface area (Å²) in [7, 11) is 0. The SMILES string of the molecule is Cc1nc(-c2ccccc2)ccc1C(=O)Nc1c(C)nn(-c2ccccc2)c1C. The van der Waals surface area contributed by atoms with Crippen LogP contribution in [0.15, 0.2) is 72.8 Å². The van der Waals surface area contributed by atoms with Crippen molar-refractivity contribution in [1.82, 2.24) is 14.8 Å². The van der Waals surface area contributed by atoms with Crippen LogP contribution in [-0.4, -0.2) is 20.7 Å². The molecule has 1 N–H and O–H groups in total. The number of benzene rings is 2. The van der Waals surface area contributed by atoms with E-state index in [1.807, 2.05) is 98.2 Å². The van der Waals surface area contributed by atoms with E-state index in [-0.39, 0.29) is 5.91 Å². The zero-order chi connectivity index (χ0) is 20.4. The second-order valence-corrected chi connectivity index (χ2v) is 6.94. The third kappa shape index (κ3) is 3.67. The number of hydrogen-bond donors (Lipinski definition) is 1. The largest absolute Gasteiger partial charge is 0.319 e. The first-order chi connectivity index (χ1) is 14.0. The summed E-state index contributed by atoms with van der Waals surface area (Å²) in [6.07, 6.45) is 0. The van der Waals surface area contributed by atoms with E-state index in [2.05, 4.69) is 15.4 Å². The minimum atomic E-state index is -0.187. The van der Waals surface area contributed by atoms with Gasteiger partial charge in [-0.15, -0.1) is 0 Å². The molecule has 0 atom stereocenters. The average Bonchev–Trinajstić information content (AvgIpc) is 3.03. The first kappa shape index (κ1) is 18.6. The third-order valence-electron chi connectivity index (χ3n) is 4.93. The van der Waals surface area contributed by atoms with Gasteiger partial charge in [-0.3, -0.25) is 9.78 Å². The Morgan fingerprint density at radius 1 is 0.828 bits per heavy atom. The molecule has 0 saturated heterocycles. The molecule has 1 amide bonds. The van der Waals surface area contributed by atoms with Crippen LogP contribution in [0.4, 0.5) is 5.69 Å². The highest BCUT2D eigenvalue weighted by Crippen LogP contribution is 2.24. The number of hydrogen-bond acceptors (Lipinski definition) is 3. The Kier molecular flexibility index (Phi) is 4.96. The molecule has 0 radical (unpaired) electrons. The maximum atomic E-state index is 12.9. The molecule has 4 aromatic rings. The number of amides is 1. The molecule has 0 aliphatic heterocycles. The van der Waals surface area contributed by atoms with E-state index in [0.29, 0.717) is 11.3 Å². The number of aryl methyl sites for hydroxylation is 2. The lowest BCUT2D eigenvalue weighted by Crippen LogP contribution is -2.15. The number of anilines is 1. The summed E-state index contributed by atoms with van der Waals surface area (Å²) in [5.74, 6) is -0.187. The van der Waals surface area contributed by atoms with Crippen molar-refractivity contribution in [2.24, 2.45) is 0 Å². The Hall–Kier alpha value is -3.73. The molecule has 0 spiro atoms. The Morgan fingerprint density at radius 3 is 2.14 bits per heavy atom. The molecule has 144 valence electrons. The van der Waals surface area contributed by atoms with Gasteiger partial charge in [-0.2, -0.15) is 5.10 Å². The van der Waals surface area contributed by atoms with Crippen LogP contribution in [0.2, 0.25) is 0 Å².